The summed E-state index contributed by atoms with van der Waals surface area (Å²) < 4.78 is 56.2. The highest BCUT2D eigenvalue weighted by atomic mass is 19.4. The van der Waals surface area contributed by atoms with E-state index < -0.39 is 6.36 Å². The van der Waals surface area contributed by atoms with Crippen molar-refractivity contribution in [1.82, 2.24) is 0 Å². The molecule has 2 rings (SSSR count). The molecule has 134 valence electrons. The second-order valence-corrected chi connectivity index (χ2v) is 4.85. The van der Waals surface area contributed by atoms with Gasteiger partial charge in [0, 0.05) is 5.56 Å². The van der Waals surface area contributed by atoms with Crippen molar-refractivity contribution in [3.63, 3.8) is 0 Å². The summed E-state index contributed by atoms with van der Waals surface area (Å²) in [6, 6.07) is 8.25. The van der Waals surface area contributed by atoms with Crippen molar-refractivity contribution in [3.05, 3.63) is 47.5 Å². The molecule has 0 aliphatic heterocycles. The first-order chi connectivity index (χ1) is 11.9. The van der Waals surface area contributed by atoms with Crippen LogP contribution in [0.15, 0.2) is 36.4 Å². The van der Waals surface area contributed by atoms with Gasteiger partial charge in [-0.25, -0.2) is 0 Å². The SMILES string of the molecule is COc1cc(C=O)cc(OC)c1OCc1ccc(OC(F)(F)F)cc1. The molecule has 0 aliphatic carbocycles. The van der Waals surface area contributed by atoms with Crippen LogP contribution in [0.2, 0.25) is 0 Å². The molecule has 0 atom stereocenters. The van der Waals surface area contributed by atoms with Crippen molar-refractivity contribution < 1.29 is 36.9 Å². The summed E-state index contributed by atoms with van der Waals surface area (Å²) in [7, 11) is 2.83. The summed E-state index contributed by atoms with van der Waals surface area (Å²) in [6.07, 6.45) is -4.09. The number of methoxy groups -OCH3 is 2. The maximum absolute atomic E-state index is 12.1. The molecule has 0 N–H and O–H groups in total. The molecule has 0 aliphatic rings. The van der Waals surface area contributed by atoms with E-state index >= 15 is 0 Å². The molecule has 0 fully saturated rings. The second kappa shape index (κ2) is 7.78. The number of carbonyl (C=O) groups is 1. The minimum atomic E-state index is -4.74. The Bertz CT molecular complexity index is 701. The molecule has 5 nitrogen and oxygen atoms in total. The van der Waals surface area contributed by atoms with E-state index in [1.165, 1.54) is 50.6 Å². The molecular formula is C17H15F3O5. The number of benzene rings is 2. The predicted molar refractivity (Wildman–Crippen MR) is 82.4 cm³/mol. The molecule has 2 aromatic rings. The molecule has 0 unspecified atom stereocenters. The Labute approximate surface area is 141 Å². The molecule has 0 spiro atoms. The van der Waals surface area contributed by atoms with Crippen LogP contribution in [0.5, 0.6) is 23.0 Å². The molecule has 25 heavy (non-hydrogen) atoms. The van der Waals surface area contributed by atoms with Gasteiger partial charge in [0.2, 0.25) is 5.75 Å². The van der Waals surface area contributed by atoms with Crippen LogP contribution < -0.4 is 18.9 Å². The van der Waals surface area contributed by atoms with E-state index in [1.807, 2.05) is 0 Å². The van der Waals surface area contributed by atoms with E-state index in [0.717, 1.165) is 0 Å². The Kier molecular flexibility index (Phi) is 5.74. The average molecular weight is 356 g/mol. The first-order valence-corrected chi connectivity index (χ1v) is 7.05. The van der Waals surface area contributed by atoms with Gasteiger partial charge in [-0.1, -0.05) is 12.1 Å². The van der Waals surface area contributed by atoms with E-state index in [0.29, 0.717) is 28.9 Å². The van der Waals surface area contributed by atoms with E-state index in [9.17, 15) is 18.0 Å². The summed E-state index contributed by atoms with van der Waals surface area (Å²) in [6.45, 7) is 0.0550. The molecule has 0 saturated heterocycles. The van der Waals surface area contributed by atoms with Crippen molar-refractivity contribution in [2.45, 2.75) is 13.0 Å². The molecule has 0 heterocycles. The number of rotatable bonds is 7. The van der Waals surface area contributed by atoms with Crippen LogP contribution in [0.1, 0.15) is 15.9 Å². The number of ether oxygens (including phenoxy) is 4. The smallest absolute Gasteiger partial charge is 0.493 e. The van der Waals surface area contributed by atoms with Crippen molar-refractivity contribution in [1.29, 1.82) is 0 Å². The normalized spacial score (nSPS) is 10.9. The number of halogens is 3. The van der Waals surface area contributed by atoms with Gasteiger partial charge in [-0.05, 0) is 29.8 Å². The van der Waals surface area contributed by atoms with E-state index in [2.05, 4.69) is 4.74 Å². The van der Waals surface area contributed by atoms with Crippen LogP contribution in [-0.4, -0.2) is 26.9 Å². The summed E-state index contributed by atoms with van der Waals surface area (Å²) in [4.78, 5) is 10.9. The highest BCUT2D eigenvalue weighted by molar-refractivity contribution is 5.78. The van der Waals surface area contributed by atoms with Crippen molar-refractivity contribution in [3.8, 4) is 23.0 Å². The van der Waals surface area contributed by atoms with E-state index in [1.54, 1.807) is 0 Å². The zero-order chi connectivity index (χ0) is 18.4. The zero-order valence-electron chi connectivity index (χ0n) is 13.4. The Morgan fingerprint density at radius 1 is 1.00 bits per heavy atom. The molecule has 8 heteroatoms. The standard InChI is InChI=1S/C17H15F3O5/c1-22-14-7-12(9-21)8-15(23-2)16(14)24-10-11-3-5-13(6-4-11)25-17(18,19)20/h3-9H,10H2,1-2H3. The fourth-order valence-corrected chi connectivity index (χ4v) is 2.05. The highest BCUT2D eigenvalue weighted by Crippen LogP contribution is 2.38. The number of hydrogen-bond donors (Lipinski definition) is 0. The fourth-order valence-electron chi connectivity index (χ4n) is 2.05. The van der Waals surface area contributed by atoms with E-state index in [4.69, 9.17) is 14.2 Å². The third kappa shape index (κ3) is 5.03. The zero-order valence-corrected chi connectivity index (χ0v) is 13.4. The summed E-state index contributed by atoms with van der Waals surface area (Å²) in [5.74, 6) is 0.574. The first kappa shape index (κ1) is 18.4. The Morgan fingerprint density at radius 3 is 2.00 bits per heavy atom. The van der Waals surface area contributed by atoms with E-state index in [-0.39, 0.29) is 18.1 Å². The first-order valence-electron chi connectivity index (χ1n) is 7.05. The maximum atomic E-state index is 12.1. The van der Waals surface area contributed by atoms with Gasteiger partial charge in [-0.3, -0.25) is 4.79 Å². The quantitative estimate of drug-likeness (QED) is 0.702. The average Bonchev–Trinajstić information content (AvgIpc) is 2.59. The number of alkyl halides is 3. The lowest BCUT2D eigenvalue weighted by atomic mass is 10.2. The number of aldehydes is 1. The monoisotopic (exact) mass is 356 g/mol. The third-order valence-electron chi connectivity index (χ3n) is 3.16. The summed E-state index contributed by atoms with van der Waals surface area (Å²) in [5.41, 5.74) is 0.966. The molecule has 2 aromatic carbocycles. The minimum absolute atomic E-state index is 0.0550. The molecule has 0 saturated carbocycles. The van der Waals surface area contributed by atoms with Crippen LogP contribution in [0.25, 0.3) is 0 Å². The van der Waals surface area contributed by atoms with Gasteiger partial charge in [0.05, 0.1) is 14.2 Å². The maximum Gasteiger partial charge on any atom is 0.573 e. The van der Waals surface area contributed by atoms with Crippen LogP contribution in [0.4, 0.5) is 13.2 Å². The van der Waals surface area contributed by atoms with Gasteiger partial charge < -0.3 is 18.9 Å². The van der Waals surface area contributed by atoms with Gasteiger partial charge in [-0.2, -0.15) is 0 Å². The van der Waals surface area contributed by atoms with Gasteiger partial charge in [0.1, 0.15) is 18.6 Å². The Hall–Kier alpha value is -2.90. The van der Waals surface area contributed by atoms with Crippen molar-refractivity contribution in [2.75, 3.05) is 14.2 Å². The van der Waals surface area contributed by atoms with Gasteiger partial charge >= 0.3 is 6.36 Å². The molecular weight excluding hydrogens is 341 g/mol. The Balaban J connectivity index is 2.14. The van der Waals surface area contributed by atoms with Crippen molar-refractivity contribution in [2.24, 2.45) is 0 Å². The molecule has 0 radical (unpaired) electrons. The largest absolute Gasteiger partial charge is 0.573 e. The fraction of sp³-hybridized carbons (Fsp3) is 0.235. The third-order valence-corrected chi connectivity index (χ3v) is 3.16. The lowest BCUT2D eigenvalue weighted by Crippen LogP contribution is -2.17. The van der Waals surface area contributed by atoms with Crippen molar-refractivity contribution >= 4 is 6.29 Å². The van der Waals surface area contributed by atoms with Gasteiger partial charge in [0.25, 0.3) is 0 Å². The summed E-state index contributed by atoms with van der Waals surface area (Å²) in [5, 5.41) is 0. The highest BCUT2D eigenvalue weighted by Gasteiger charge is 2.30. The summed E-state index contributed by atoms with van der Waals surface area (Å²) >= 11 is 0. The molecule has 0 aromatic heterocycles. The second-order valence-electron chi connectivity index (χ2n) is 4.85. The van der Waals surface area contributed by atoms with Crippen LogP contribution in [0, 0.1) is 0 Å². The van der Waals surface area contributed by atoms with Crippen LogP contribution in [-0.2, 0) is 6.61 Å². The number of hydrogen-bond acceptors (Lipinski definition) is 5. The predicted octanol–water partition coefficient (Wildman–Crippen LogP) is 3.99. The molecule has 0 amide bonds. The lowest BCUT2D eigenvalue weighted by molar-refractivity contribution is -0.274. The van der Waals surface area contributed by atoms with Crippen LogP contribution in [0.3, 0.4) is 0 Å². The topological polar surface area (TPSA) is 54.0 Å². The Morgan fingerprint density at radius 2 is 1.56 bits per heavy atom. The lowest BCUT2D eigenvalue weighted by Gasteiger charge is -2.15. The van der Waals surface area contributed by atoms with Gasteiger partial charge in [-0.15, -0.1) is 13.2 Å². The van der Waals surface area contributed by atoms with Crippen LogP contribution >= 0.6 is 0 Å². The number of carbonyl (C=O) groups excluding carboxylic acids is 1. The molecule has 0 bridgehead atoms. The van der Waals surface area contributed by atoms with Gasteiger partial charge in [0.15, 0.2) is 11.5 Å². The minimum Gasteiger partial charge on any atom is -0.493 e.